The second kappa shape index (κ2) is 10.7. The van der Waals surface area contributed by atoms with Crippen LogP contribution in [0.1, 0.15) is 44.3 Å². The fourth-order valence-corrected chi connectivity index (χ4v) is 4.44. The molecule has 31 heavy (non-hydrogen) atoms. The largest absolute Gasteiger partial charge is 0.492 e. The second-order valence-corrected chi connectivity index (χ2v) is 8.64. The maximum absolute atomic E-state index is 12.4. The third-order valence-electron chi connectivity index (χ3n) is 5.98. The van der Waals surface area contributed by atoms with Gasteiger partial charge >= 0.3 is 0 Å². The average Bonchev–Trinajstić information content (AvgIpc) is 3.16. The molecule has 1 saturated carbocycles. The van der Waals surface area contributed by atoms with E-state index in [1.165, 1.54) is 19.3 Å². The minimum atomic E-state index is 0.211. The number of carbonyl (C=O) groups is 1. The molecule has 1 amide bonds. The lowest BCUT2D eigenvalue weighted by Gasteiger charge is -2.20. The Morgan fingerprint density at radius 1 is 1.10 bits per heavy atom. The van der Waals surface area contributed by atoms with Crippen molar-refractivity contribution in [1.82, 2.24) is 14.9 Å². The van der Waals surface area contributed by atoms with E-state index in [9.17, 15) is 4.79 Å². The molecule has 1 aromatic heterocycles. The minimum Gasteiger partial charge on any atom is -0.492 e. The Labute approximate surface area is 188 Å². The number of para-hydroxylation sites is 2. The predicted octanol–water partition coefficient (Wildman–Crippen LogP) is 5.40. The molecule has 4 rings (SSSR count). The zero-order chi connectivity index (χ0) is 21.5. The first kappa shape index (κ1) is 21.7. The minimum absolute atomic E-state index is 0.211. The molecule has 0 atom stereocenters. The highest BCUT2D eigenvalue weighted by Crippen LogP contribution is 2.23. The Bertz CT molecular complexity index is 994. The number of hydrogen-bond donors (Lipinski definition) is 1. The van der Waals surface area contributed by atoms with Crippen LogP contribution in [-0.4, -0.2) is 28.6 Å². The fourth-order valence-electron chi connectivity index (χ4n) is 4.32. The number of nitrogens with one attached hydrogen (secondary N) is 1. The highest BCUT2D eigenvalue weighted by molar-refractivity contribution is 6.30. The molecule has 0 saturated heterocycles. The van der Waals surface area contributed by atoms with Crippen molar-refractivity contribution in [3.63, 3.8) is 0 Å². The van der Waals surface area contributed by atoms with E-state index in [1.54, 1.807) is 0 Å². The molecule has 5 nitrogen and oxygen atoms in total. The first-order valence-electron chi connectivity index (χ1n) is 11.3. The van der Waals surface area contributed by atoms with Crippen molar-refractivity contribution in [1.29, 1.82) is 0 Å². The maximum Gasteiger partial charge on any atom is 0.223 e. The van der Waals surface area contributed by atoms with Crippen LogP contribution in [0, 0.1) is 5.92 Å². The van der Waals surface area contributed by atoms with Gasteiger partial charge in [0.15, 0.2) is 0 Å². The van der Waals surface area contributed by atoms with E-state index in [4.69, 9.17) is 21.3 Å². The van der Waals surface area contributed by atoms with Gasteiger partial charge in [-0.1, -0.05) is 43.0 Å². The molecule has 1 N–H and O–H groups in total. The molecule has 0 aliphatic heterocycles. The number of rotatable bonds is 9. The van der Waals surface area contributed by atoms with Crippen molar-refractivity contribution in [2.24, 2.45) is 5.92 Å². The number of amides is 1. The Morgan fingerprint density at radius 2 is 1.87 bits per heavy atom. The number of benzene rings is 2. The van der Waals surface area contributed by atoms with E-state index in [-0.39, 0.29) is 11.8 Å². The molecule has 1 fully saturated rings. The van der Waals surface area contributed by atoms with Crippen molar-refractivity contribution in [3.8, 4) is 5.75 Å². The number of hydrogen-bond acceptors (Lipinski definition) is 3. The molecule has 1 heterocycles. The van der Waals surface area contributed by atoms with Gasteiger partial charge in [0, 0.05) is 23.9 Å². The van der Waals surface area contributed by atoms with E-state index >= 15 is 0 Å². The summed E-state index contributed by atoms with van der Waals surface area (Å²) in [6.07, 6.45) is 7.40. The van der Waals surface area contributed by atoms with Crippen LogP contribution in [0.15, 0.2) is 48.5 Å². The molecule has 0 unspecified atom stereocenters. The van der Waals surface area contributed by atoms with Gasteiger partial charge in [-0.2, -0.15) is 0 Å². The summed E-state index contributed by atoms with van der Waals surface area (Å²) in [5, 5.41) is 3.83. The lowest BCUT2D eigenvalue weighted by molar-refractivity contribution is -0.125. The topological polar surface area (TPSA) is 56.2 Å². The summed E-state index contributed by atoms with van der Waals surface area (Å²) in [6.45, 7) is 1.96. The van der Waals surface area contributed by atoms with E-state index in [2.05, 4.69) is 16.0 Å². The molecular weight excluding hydrogens is 410 g/mol. The molecule has 0 radical (unpaired) electrons. The summed E-state index contributed by atoms with van der Waals surface area (Å²) in [4.78, 5) is 17.2. The first-order valence-corrected chi connectivity index (χ1v) is 11.7. The normalized spacial score (nSPS) is 14.6. The van der Waals surface area contributed by atoms with Gasteiger partial charge in [-0.15, -0.1) is 0 Å². The molecular formula is C25H30ClN3O2. The molecule has 1 aliphatic rings. The van der Waals surface area contributed by atoms with Gasteiger partial charge in [0.1, 0.15) is 18.2 Å². The van der Waals surface area contributed by atoms with Crippen LogP contribution in [0.5, 0.6) is 5.75 Å². The monoisotopic (exact) mass is 439 g/mol. The Balaban J connectivity index is 1.33. The molecule has 1 aliphatic carbocycles. The van der Waals surface area contributed by atoms with Crippen LogP contribution in [0.25, 0.3) is 11.0 Å². The molecule has 164 valence electrons. The Kier molecular flexibility index (Phi) is 7.47. The van der Waals surface area contributed by atoms with Crippen LogP contribution >= 0.6 is 11.6 Å². The lowest BCUT2D eigenvalue weighted by Crippen LogP contribution is -2.32. The van der Waals surface area contributed by atoms with Crippen LogP contribution in [0.4, 0.5) is 0 Å². The van der Waals surface area contributed by atoms with Gasteiger partial charge in [-0.25, -0.2) is 4.98 Å². The highest BCUT2D eigenvalue weighted by atomic mass is 35.5. The van der Waals surface area contributed by atoms with Crippen molar-refractivity contribution < 1.29 is 9.53 Å². The van der Waals surface area contributed by atoms with Crippen LogP contribution in [-0.2, 0) is 17.8 Å². The van der Waals surface area contributed by atoms with E-state index < -0.39 is 0 Å². The number of aryl methyl sites for hydroxylation is 1. The zero-order valence-electron chi connectivity index (χ0n) is 17.9. The molecule has 2 aromatic carbocycles. The predicted molar refractivity (Wildman–Crippen MR) is 125 cm³/mol. The standard InChI is InChI=1S/C25H30ClN3O2/c26-20-12-14-21(15-13-20)31-18-17-29-23-10-5-4-9-22(23)28-24(29)11-6-16-27-25(30)19-7-2-1-3-8-19/h4-5,9-10,12-15,19H,1-3,6-8,11,16-18H2,(H,27,30). The summed E-state index contributed by atoms with van der Waals surface area (Å²) in [5.74, 6) is 2.28. The van der Waals surface area contributed by atoms with Gasteiger partial charge in [0.25, 0.3) is 0 Å². The average molecular weight is 440 g/mol. The number of carbonyl (C=O) groups excluding carboxylic acids is 1. The summed E-state index contributed by atoms with van der Waals surface area (Å²) < 4.78 is 8.13. The van der Waals surface area contributed by atoms with Gasteiger partial charge in [-0.05, 0) is 55.7 Å². The Morgan fingerprint density at radius 3 is 2.68 bits per heavy atom. The lowest BCUT2D eigenvalue weighted by atomic mass is 9.89. The third-order valence-corrected chi connectivity index (χ3v) is 6.24. The van der Waals surface area contributed by atoms with E-state index in [1.807, 2.05) is 42.5 Å². The first-order chi connectivity index (χ1) is 15.2. The van der Waals surface area contributed by atoms with Crippen molar-refractivity contribution in [2.45, 2.75) is 51.5 Å². The van der Waals surface area contributed by atoms with E-state index in [0.717, 1.165) is 48.3 Å². The number of ether oxygens (including phenoxy) is 1. The smallest absolute Gasteiger partial charge is 0.223 e. The van der Waals surface area contributed by atoms with Gasteiger partial charge in [-0.3, -0.25) is 4.79 Å². The van der Waals surface area contributed by atoms with Crippen molar-refractivity contribution in [2.75, 3.05) is 13.2 Å². The van der Waals surface area contributed by atoms with Crippen LogP contribution in [0.2, 0.25) is 5.02 Å². The second-order valence-electron chi connectivity index (χ2n) is 8.20. The number of aromatic nitrogens is 2. The number of nitrogens with zero attached hydrogens (tertiary/aromatic N) is 2. The molecule has 3 aromatic rings. The maximum atomic E-state index is 12.4. The van der Waals surface area contributed by atoms with Gasteiger partial charge in [0.2, 0.25) is 5.91 Å². The summed E-state index contributed by atoms with van der Waals surface area (Å²) >= 11 is 5.94. The van der Waals surface area contributed by atoms with Crippen LogP contribution < -0.4 is 10.1 Å². The summed E-state index contributed by atoms with van der Waals surface area (Å²) in [6, 6.07) is 15.6. The highest BCUT2D eigenvalue weighted by Gasteiger charge is 2.20. The number of imidazole rings is 1. The fraction of sp³-hybridized carbons (Fsp3) is 0.440. The molecule has 0 spiro atoms. The molecule has 6 heteroatoms. The SMILES string of the molecule is O=C(NCCCc1nc2ccccc2n1CCOc1ccc(Cl)cc1)C1CCCCC1. The van der Waals surface area contributed by atoms with E-state index in [0.29, 0.717) is 24.7 Å². The third kappa shape index (κ3) is 5.79. The van der Waals surface area contributed by atoms with Crippen molar-refractivity contribution >= 4 is 28.5 Å². The number of halogens is 1. The quantitative estimate of drug-likeness (QED) is 0.454. The molecule has 0 bridgehead atoms. The summed E-state index contributed by atoms with van der Waals surface area (Å²) in [7, 11) is 0. The Hall–Kier alpha value is -2.53. The van der Waals surface area contributed by atoms with Crippen LogP contribution in [0.3, 0.4) is 0 Å². The van der Waals surface area contributed by atoms with Crippen molar-refractivity contribution in [3.05, 3.63) is 59.4 Å². The van der Waals surface area contributed by atoms with Gasteiger partial charge < -0.3 is 14.6 Å². The summed E-state index contributed by atoms with van der Waals surface area (Å²) in [5.41, 5.74) is 2.11. The van der Waals surface area contributed by atoms with Gasteiger partial charge in [0.05, 0.1) is 17.6 Å². The zero-order valence-corrected chi connectivity index (χ0v) is 18.6. The number of fused-ring (bicyclic) bond motifs is 1.